The molecule has 0 aliphatic carbocycles. The Morgan fingerprint density at radius 1 is 1.22 bits per heavy atom. The van der Waals surface area contributed by atoms with Crippen molar-refractivity contribution in [1.29, 1.82) is 0 Å². The molecule has 7 heteroatoms. The first kappa shape index (κ1) is 17.5. The van der Waals surface area contributed by atoms with Gasteiger partial charge in [-0.05, 0) is 39.3 Å². The fourth-order valence-electron chi connectivity index (χ4n) is 3.10. The predicted octanol–water partition coefficient (Wildman–Crippen LogP) is 4.57. The van der Waals surface area contributed by atoms with Gasteiger partial charge in [-0.3, -0.25) is 4.79 Å². The largest absolute Gasteiger partial charge is 0.449 e. The predicted molar refractivity (Wildman–Crippen MR) is 104 cm³/mol. The van der Waals surface area contributed by atoms with E-state index in [4.69, 9.17) is 9.15 Å². The highest BCUT2D eigenvalue weighted by molar-refractivity contribution is 7.18. The average Bonchev–Trinajstić information content (AvgIpc) is 3.12. The van der Waals surface area contributed by atoms with Gasteiger partial charge in [0.05, 0.1) is 5.39 Å². The highest BCUT2D eigenvalue weighted by atomic mass is 32.1. The molecule has 0 amide bonds. The van der Waals surface area contributed by atoms with Crippen LogP contribution in [-0.4, -0.2) is 15.9 Å². The van der Waals surface area contributed by atoms with Crippen molar-refractivity contribution in [2.24, 2.45) is 0 Å². The number of aromatic nitrogens is 2. The summed E-state index contributed by atoms with van der Waals surface area (Å²) in [5.41, 5.74) is 2.06. The summed E-state index contributed by atoms with van der Waals surface area (Å²) in [6.45, 7) is 7.34. The highest BCUT2D eigenvalue weighted by Crippen LogP contribution is 2.29. The third kappa shape index (κ3) is 2.84. The molecular weight excluding hydrogens is 364 g/mol. The molecule has 0 aliphatic heterocycles. The molecule has 0 fully saturated rings. The van der Waals surface area contributed by atoms with Crippen molar-refractivity contribution >= 4 is 38.5 Å². The van der Waals surface area contributed by atoms with Gasteiger partial charge in [-0.2, -0.15) is 0 Å². The van der Waals surface area contributed by atoms with Crippen LogP contribution in [0.5, 0.6) is 0 Å². The number of carbonyl (C=O) groups is 1. The number of fused-ring (bicyclic) bond motifs is 2. The number of H-pyrrole nitrogens is 1. The number of ether oxygens (including phenoxy) is 1. The summed E-state index contributed by atoms with van der Waals surface area (Å²) in [5, 5.41) is 1.46. The Morgan fingerprint density at radius 3 is 2.70 bits per heavy atom. The number of esters is 1. The van der Waals surface area contributed by atoms with E-state index in [1.807, 2.05) is 39.0 Å². The van der Waals surface area contributed by atoms with E-state index >= 15 is 0 Å². The molecule has 1 N–H and O–H groups in total. The summed E-state index contributed by atoms with van der Waals surface area (Å²) >= 11 is 1.46. The lowest BCUT2D eigenvalue weighted by Gasteiger charge is -2.11. The smallest absolute Gasteiger partial charge is 0.375 e. The zero-order valence-electron chi connectivity index (χ0n) is 15.4. The minimum atomic E-state index is -0.718. The van der Waals surface area contributed by atoms with Gasteiger partial charge in [0.1, 0.15) is 10.4 Å². The second-order valence-corrected chi connectivity index (χ2v) is 7.72. The van der Waals surface area contributed by atoms with E-state index in [1.54, 1.807) is 13.0 Å². The van der Waals surface area contributed by atoms with E-state index in [1.165, 1.54) is 11.3 Å². The molecule has 0 unspecified atom stereocenters. The number of nitrogens with one attached hydrogen (secondary N) is 1. The van der Waals surface area contributed by atoms with Crippen molar-refractivity contribution in [2.75, 3.05) is 0 Å². The Labute approximate surface area is 158 Å². The highest BCUT2D eigenvalue weighted by Gasteiger charge is 2.23. The molecule has 1 aromatic carbocycles. The third-order valence-electron chi connectivity index (χ3n) is 4.76. The quantitative estimate of drug-likeness (QED) is 0.525. The van der Waals surface area contributed by atoms with Gasteiger partial charge in [0.2, 0.25) is 5.76 Å². The molecule has 4 rings (SSSR count). The fraction of sp³-hybridized carbons (Fsp3) is 0.250. The van der Waals surface area contributed by atoms with Crippen LogP contribution >= 0.6 is 11.3 Å². The van der Waals surface area contributed by atoms with Crippen LogP contribution < -0.4 is 5.56 Å². The van der Waals surface area contributed by atoms with Crippen molar-refractivity contribution < 1.29 is 13.9 Å². The number of rotatable bonds is 3. The van der Waals surface area contributed by atoms with E-state index in [0.29, 0.717) is 21.6 Å². The first-order valence-electron chi connectivity index (χ1n) is 8.56. The molecule has 27 heavy (non-hydrogen) atoms. The first-order valence-corrected chi connectivity index (χ1v) is 9.37. The number of para-hydroxylation sites is 1. The molecule has 0 bridgehead atoms. The van der Waals surface area contributed by atoms with Crippen molar-refractivity contribution in [3.8, 4) is 0 Å². The Bertz CT molecular complexity index is 1250. The second kappa shape index (κ2) is 6.35. The minimum absolute atomic E-state index is 0.161. The monoisotopic (exact) mass is 382 g/mol. The average molecular weight is 382 g/mol. The molecule has 4 aromatic rings. The van der Waals surface area contributed by atoms with Crippen LogP contribution in [0.4, 0.5) is 0 Å². The summed E-state index contributed by atoms with van der Waals surface area (Å²) in [6.07, 6.45) is -0.718. The van der Waals surface area contributed by atoms with E-state index in [-0.39, 0.29) is 11.3 Å². The number of aryl methyl sites for hydroxylation is 3. The van der Waals surface area contributed by atoms with Gasteiger partial charge >= 0.3 is 5.97 Å². The van der Waals surface area contributed by atoms with Crippen LogP contribution in [0.1, 0.15) is 45.4 Å². The number of furan rings is 1. The zero-order valence-corrected chi connectivity index (χ0v) is 16.2. The number of hydrogen-bond donors (Lipinski definition) is 1. The number of nitrogens with zero attached hydrogens (tertiary/aromatic N) is 1. The van der Waals surface area contributed by atoms with Gasteiger partial charge in [-0.15, -0.1) is 11.3 Å². The van der Waals surface area contributed by atoms with Crippen molar-refractivity contribution in [2.45, 2.75) is 33.8 Å². The topological polar surface area (TPSA) is 85.2 Å². The van der Waals surface area contributed by atoms with Crippen LogP contribution in [-0.2, 0) is 4.74 Å². The zero-order chi connectivity index (χ0) is 19.3. The maximum absolute atomic E-state index is 12.6. The van der Waals surface area contributed by atoms with Gasteiger partial charge in [0, 0.05) is 15.8 Å². The standard InChI is InChI=1S/C20H18N2O4S/c1-9-12(4)27-19-15(9)18(23)21-17(22-19)11(3)25-20(24)16-10(2)13-7-5-6-8-14(13)26-16/h5-8,11H,1-4H3,(H,21,22,23)/t11-/m0/s1. The maximum atomic E-state index is 12.6. The van der Waals surface area contributed by atoms with E-state index in [0.717, 1.165) is 21.4 Å². The molecule has 6 nitrogen and oxygen atoms in total. The number of thiophene rings is 1. The van der Waals surface area contributed by atoms with Crippen LogP contribution in [0, 0.1) is 20.8 Å². The molecule has 0 saturated carbocycles. The molecule has 0 aliphatic rings. The molecular formula is C20H18N2O4S. The van der Waals surface area contributed by atoms with Crippen LogP contribution in [0.25, 0.3) is 21.2 Å². The van der Waals surface area contributed by atoms with Gasteiger partial charge in [-0.25, -0.2) is 9.78 Å². The van der Waals surface area contributed by atoms with Crippen LogP contribution in [0.3, 0.4) is 0 Å². The summed E-state index contributed by atoms with van der Waals surface area (Å²) in [6, 6.07) is 7.43. The van der Waals surface area contributed by atoms with E-state index in [2.05, 4.69) is 9.97 Å². The molecule has 0 spiro atoms. The van der Waals surface area contributed by atoms with Gasteiger partial charge < -0.3 is 14.1 Å². The van der Waals surface area contributed by atoms with Crippen molar-refractivity contribution in [1.82, 2.24) is 9.97 Å². The number of benzene rings is 1. The summed E-state index contributed by atoms with van der Waals surface area (Å²) in [5.74, 6) is -0.109. The summed E-state index contributed by atoms with van der Waals surface area (Å²) in [7, 11) is 0. The lowest BCUT2D eigenvalue weighted by atomic mass is 10.1. The van der Waals surface area contributed by atoms with E-state index < -0.39 is 12.1 Å². The fourth-order valence-corrected chi connectivity index (χ4v) is 4.14. The second-order valence-electron chi connectivity index (χ2n) is 6.51. The third-order valence-corrected chi connectivity index (χ3v) is 5.86. The van der Waals surface area contributed by atoms with Crippen molar-refractivity contribution in [3.05, 3.63) is 62.2 Å². The number of hydrogen-bond acceptors (Lipinski definition) is 6. The normalized spacial score (nSPS) is 12.6. The van der Waals surface area contributed by atoms with Gasteiger partial charge in [0.15, 0.2) is 11.9 Å². The Morgan fingerprint density at radius 2 is 1.96 bits per heavy atom. The Balaban J connectivity index is 1.66. The molecule has 3 heterocycles. The summed E-state index contributed by atoms with van der Waals surface area (Å²) in [4.78, 5) is 33.9. The number of aromatic amines is 1. The molecule has 1 atom stereocenters. The van der Waals surface area contributed by atoms with Gasteiger partial charge in [0.25, 0.3) is 5.56 Å². The van der Waals surface area contributed by atoms with Gasteiger partial charge in [-0.1, -0.05) is 18.2 Å². The molecule has 0 saturated heterocycles. The SMILES string of the molecule is Cc1sc2nc([C@H](C)OC(=O)c3oc4ccccc4c3C)[nH]c(=O)c2c1C. The maximum Gasteiger partial charge on any atom is 0.375 e. The summed E-state index contributed by atoms with van der Waals surface area (Å²) < 4.78 is 11.2. The number of carbonyl (C=O) groups excluding carboxylic acids is 1. The molecule has 0 radical (unpaired) electrons. The minimum Gasteiger partial charge on any atom is -0.449 e. The molecule has 3 aromatic heterocycles. The van der Waals surface area contributed by atoms with Crippen LogP contribution in [0.15, 0.2) is 33.5 Å². The lowest BCUT2D eigenvalue weighted by Crippen LogP contribution is -2.17. The van der Waals surface area contributed by atoms with Crippen LogP contribution in [0.2, 0.25) is 0 Å². The van der Waals surface area contributed by atoms with Crippen molar-refractivity contribution in [3.63, 3.8) is 0 Å². The molecule has 138 valence electrons. The Hall–Kier alpha value is -2.93. The Kier molecular flexibility index (Phi) is 4.11. The van der Waals surface area contributed by atoms with E-state index in [9.17, 15) is 9.59 Å². The first-order chi connectivity index (χ1) is 12.9. The lowest BCUT2D eigenvalue weighted by molar-refractivity contribution is 0.0285.